The van der Waals surface area contributed by atoms with Crippen molar-refractivity contribution in [1.82, 2.24) is 5.06 Å². The molecule has 2 aromatic carbocycles. The van der Waals surface area contributed by atoms with Crippen LogP contribution in [0.25, 0.3) is 0 Å². The van der Waals surface area contributed by atoms with Crippen molar-refractivity contribution in [3.63, 3.8) is 0 Å². The quantitative estimate of drug-likeness (QED) is 0.554. The molecule has 1 atom stereocenters. The zero-order valence-electron chi connectivity index (χ0n) is 18.4. The van der Waals surface area contributed by atoms with E-state index in [0.717, 1.165) is 11.3 Å². The van der Waals surface area contributed by atoms with Crippen molar-refractivity contribution in [3.05, 3.63) is 60.2 Å². The van der Waals surface area contributed by atoms with Gasteiger partial charge in [0.25, 0.3) is 5.91 Å². The molecule has 10 heteroatoms. The number of para-hydroxylation sites is 1. The van der Waals surface area contributed by atoms with Gasteiger partial charge < -0.3 is 4.74 Å². The molecule has 0 aliphatic carbocycles. The Morgan fingerprint density at radius 1 is 1.09 bits per heavy atom. The lowest BCUT2D eigenvalue weighted by Crippen LogP contribution is -2.59. The lowest BCUT2D eigenvalue weighted by molar-refractivity contribution is -0.154. The summed E-state index contributed by atoms with van der Waals surface area (Å²) >= 11 is 0. The number of amides is 2. The molecule has 170 valence electrons. The summed E-state index contributed by atoms with van der Waals surface area (Å²) in [6.07, 6.45) is -0.0404. The molecule has 1 aliphatic heterocycles. The minimum Gasteiger partial charge on any atom is -0.442 e. The van der Waals surface area contributed by atoms with E-state index >= 15 is 0 Å². The third-order valence-electron chi connectivity index (χ3n) is 4.82. The molecule has 2 aromatic rings. The highest BCUT2D eigenvalue weighted by molar-refractivity contribution is 7.90. The van der Waals surface area contributed by atoms with Gasteiger partial charge in [0, 0.05) is 11.8 Å². The van der Waals surface area contributed by atoms with E-state index in [9.17, 15) is 23.2 Å². The van der Waals surface area contributed by atoms with Crippen molar-refractivity contribution in [3.8, 4) is 0 Å². The molecular weight excluding hydrogens is 434 g/mol. The molecular formula is C22H25N3O6S. The number of hydrazone groups is 1. The molecule has 3 rings (SSSR count). The molecule has 1 N–H and O–H groups in total. The van der Waals surface area contributed by atoms with Crippen molar-refractivity contribution in [1.29, 1.82) is 0 Å². The van der Waals surface area contributed by atoms with E-state index in [-0.39, 0.29) is 15.7 Å². The molecule has 0 bridgehead atoms. The number of hydroxylamine groups is 2. The zero-order valence-corrected chi connectivity index (χ0v) is 19.3. The number of carbonyl (C=O) groups excluding carboxylic acids is 2. The molecule has 0 spiro atoms. The third-order valence-corrected chi connectivity index (χ3v) is 5.95. The van der Waals surface area contributed by atoms with Gasteiger partial charge >= 0.3 is 6.09 Å². The average Bonchev–Trinajstić information content (AvgIpc) is 2.98. The van der Waals surface area contributed by atoms with Gasteiger partial charge in [-0.15, -0.1) is 0 Å². The maximum Gasteiger partial charge on any atom is 0.435 e. The van der Waals surface area contributed by atoms with Crippen LogP contribution in [0.15, 0.2) is 64.6 Å². The molecule has 32 heavy (non-hydrogen) atoms. The summed E-state index contributed by atoms with van der Waals surface area (Å²) in [6.45, 7) is 6.25. The fourth-order valence-corrected chi connectivity index (χ4v) is 3.80. The SMILES string of the molecule is CC(C)(C)OC(=O)N(O)C1(C)C(=O)N(c2ccccc2)N=C1c1ccc(S(C)(=O)=O)cc1. The van der Waals surface area contributed by atoms with E-state index in [4.69, 9.17) is 4.74 Å². The van der Waals surface area contributed by atoms with Gasteiger partial charge in [0.2, 0.25) is 0 Å². The molecule has 2 amide bonds. The predicted molar refractivity (Wildman–Crippen MR) is 118 cm³/mol. The Labute approximate surface area is 186 Å². The van der Waals surface area contributed by atoms with E-state index in [1.807, 2.05) is 0 Å². The molecule has 1 heterocycles. The highest BCUT2D eigenvalue weighted by atomic mass is 32.2. The number of benzene rings is 2. The zero-order chi connectivity index (χ0) is 23.9. The fraction of sp³-hybridized carbons (Fsp3) is 0.318. The topological polar surface area (TPSA) is 117 Å². The van der Waals surface area contributed by atoms with E-state index in [2.05, 4.69) is 5.10 Å². The number of anilines is 1. The molecule has 0 saturated heterocycles. The maximum atomic E-state index is 13.5. The Morgan fingerprint density at radius 3 is 2.16 bits per heavy atom. The summed E-state index contributed by atoms with van der Waals surface area (Å²) in [5.41, 5.74) is -1.99. The normalized spacial score (nSPS) is 19.0. The van der Waals surface area contributed by atoms with Gasteiger partial charge in [0.05, 0.1) is 10.6 Å². The van der Waals surface area contributed by atoms with Crippen molar-refractivity contribution in [2.24, 2.45) is 5.10 Å². The molecule has 1 unspecified atom stereocenters. The molecule has 0 radical (unpaired) electrons. The van der Waals surface area contributed by atoms with Gasteiger partial charge in [0.1, 0.15) is 11.3 Å². The average molecular weight is 460 g/mol. The molecule has 9 nitrogen and oxygen atoms in total. The van der Waals surface area contributed by atoms with Crippen molar-refractivity contribution in [2.45, 2.75) is 43.7 Å². The monoisotopic (exact) mass is 459 g/mol. The van der Waals surface area contributed by atoms with E-state index in [1.165, 1.54) is 31.2 Å². The molecule has 1 aliphatic rings. The van der Waals surface area contributed by atoms with Crippen molar-refractivity contribution >= 4 is 33.2 Å². The van der Waals surface area contributed by atoms with Crippen LogP contribution in [0.5, 0.6) is 0 Å². The highest BCUT2D eigenvalue weighted by Gasteiger charge is 2.55. The Kier molecular flexibility index (Phi) is 5.88. The van der Waals surface area contributed by atoms with Crippen LogP contribution in [0.3, 0.4) is 0 Å². The van der Waals surface area contributed by atoms with Crippen LogP contribution >= 0.6 is 0 Å². The molecule has 0 fully saturated rings. The second kappa shape index (κ2) is 8.03. The van der Waals surface area contributed by atoms with Gasteiger partial charge in [0.15, 0.2) is 15.4 Å². The smallest absolute Gasteiger partial charge is 0.435 e. The lowest BCUT2D eigenvalue weighted by Gasteiger charge is -2.33. The lowest BCUT2D eigenvalue weighted by atomic mass is 9.90. The third kappa shape index (κ3) is 4.37. The molecule has 0 aromatic heterocycles. The van der Waals surface area contributed by atoms with Crippen LogP contribution in [0, 0.1) is 0 Å². The predicted octanol–water partition coefficient (Wildman–Crippen LogP) is 3.23. The number of hydrogen-bond donors (Lipinski definition) is 1. The summed E-state index contributed by atoms with van der Waals surface area (Å²) in [6, 6.07) is 14.2. The first-order valence-electron chi connectivity index (χ1n) is 9.76. The Balaban J connectivity index is 2.12. The summed E-state index contributed by atoms with van der Waals surface area (Å²) in [7, 11) is -3.44. The molecule has 0 saturated carbocycles. The Bertz CT molecular complexity index is 1170. The van der Waals surface area contributed by atoms with Crippen LogP contribution in [0.2, 0.25) is 0 Å². The van der Waals surface area contributed by atoms with E-state index in [0.29, 0.717) is 11.3 Å². The second-order valence-electron chi connectivity index (χ2n) is 8.56. The Morgan fingerprint density at radius 2 is 1.66 bits per heavy atom. The van der Waals surface area contributed by atoms with Gasteiger partial charge in [-0.25, -0.2) is 13.2 Å². The van der Waals surface area contributed by atoms with Crippen LogP contribution in [0.4, 0.5) is 10.5 Å². The van der Waals surface area contributed by atoms with Gasteiger partial charge in [-0.1, -0.05) is 30.3 Å². The van der Waals surface area contributed by atoms with E-state index in [1.54, 1.807) is 51.1 Å². The first-order chi connectivity index (χ1) is 14.7. The first kappa shape index (κ1) is 23.4. The van der Waals surface area contributed by atoms with Gasteiger partial charge in [-0.05, 0) is 52.0 Å². The summed E-state index contributed by atoms with van der Waals surface area (Å²) in [4.78, 5) is 26.2. The number of ether oxygens (including phenoxy) is 1. The number of carbonyl (C=O) groups is 2. The summed E-state index contributed by atoms with van der Waals surface area (Å²) in [5.74, 6) is -0.681. The Hall–Kier alpha value is -3.24. The second-order valence-corrected chi connectivity index (χ2v) is 10.6. The fourth-order valence-electron chi connectivity index (χ4n) is 3.17. The number of hydrogen-bond acceptors (Lipinski definition) is 7. The number of rotatable bonds is 4. The first-order valence-corrected chi connectivity index (χ1v) is 11.7. The van der Waals surface area contributed by atoms with Crippen molar-refractivity contribution in [2.75, 3.05) is 11.3 Å². The minimum atomic E-state index is -3.44. The standard InChI is InChI=1S/C22H25N3O6S/c1-21(2,3)31-20(27)25(28)22(4)18(15-11-13-17(14-12-15)32(5,29)30)23-24(19(22)26)16-9-7-6-8-10-16/h6-14,28H,1-5H3. The number of nitrogens with zero attached hydrogens (tertiary/aromatic N) is 3. The van der Waals surface area contributed by atoms with Gasteiger partial charge in [-0.2, -0.15) is 15.2 Å². The summed E-state index contributed by atoms with van der Waals surface area (Å²) in [5, 5.41) is 16.5. The van der Waals surface area contributed by atoms with Crippen LogP contribution < -0.4 is 5.01 Å². The highest BCUT2D eigenvalue weighted by Crippen LogP contribution is 2.34. The van der Waals surface area contributed by atoms with Gasteiger partial charge in [-0.3, -0.25) is 10.0 Å². The van der Waals surface area contributed by atoms with Crippen molar-refractivity contribution < 1.29 is 28.0 Å². The van der Waals surface area contributed by atoms with E-state index < -0.39 is 33.0 Å². The van der Waals surface area contributed by atoms with Crippen LogP contribution in [0.1, 0.15) is 33.3 Å². The number of sulfone groups is 1. The maximum absolute atomic E-state index is 13.5. The largest absolute Gasteiger partial charge is 0.442 e. The summed E-state index contributed by atoms with van der Waals surface area (Å²) < 4.78 is 28.9. The minimum absolute atomic E-state index is 0.0553. The van der Waals surface area contributed by atoms with Crippen LogP contribution in [-0.2, 0) is 19.4 Å². The van der Waals surface area contributed by atoms with Crippen LogP contribution in [-0.4, -0.2) is 53.8 Å².